The fourth-order valence-electron chi connectivity index (χ4n) is 4.00. The van der Waals surface area contributed by atoms with Gasteiger partial charge in [-0.1, -0.05) is 37.1 Å². The second-order valence-electron chi connectivity index (χ2n) is 6.88. The van der Waals surface area contributed by atoms with Crippen LogP contribution in [0.25, 0.3) is 10.4 Å². The first-order valence-electron chi connectivity index (χ1n) is 8.51. The number of β-amino-alcohol motifs (C(OH)–C–C–N with tert-alkyl or cyclic N) is 1. The van der Waals surface area contributed by atoms with Gasteiger partial charge in [-0.25, -0.2) is 0 Å². The number of fused-ring (bicyclic) bond motifs is 1. The van der Waals surface area contributed by atoms with Crippen LogP contribution in [0.3, 0.4) is 0 Å². The van der Waals surface area contributed by atoms with Gasteiger partial charge in [-0.3, -0.25) is 4.90 Å². The number of morpholine rings is 1. The van der Waals surface area contributed by atoms with Crippen molar-refractivity contribution in [2.45, 2.75) is 43.6 Å². The number of benzene rings is 1. The summed E-state index contributed by atoms with van der Waals surface area (Å²) in [5, 5.41) is 13.2. The standard InChI is InChI=1S/C19H22BrNO2S.BrH/c1-21-12-19(22,23-17-5-3-2-4-16(17)21)14-8-6-13(7-9-14)18-15(20)10-11-24-18;/h6-11,16-17,22H,2-5,12H2,1H3;1H. The number of aliphatic hydroxyl groups is 1. The average molecular weight is 489 g/mol. The first-order chi connectivity index (χ1) is 11.6. The van der Waals surface area contributed by atoms with Crippen LogP contribution in [0.2, 0.25) is 0 Å². The fourth-order valence-corrected chi connectivity index (χ4v) is 5.61. The number of hydrogen-bond donors (Lipinski definition) is 1. The number of rotatable bonds is 2. The van der Waals surface area contributed by atoms with E-state index in [1.807, 2.05) is 12.1 Å². The summed E-state index contributed by atoms with van der Waals surface area (Å²) in [5.41, 5.74) is 2.00. The second-order valence-corrected chi connectivity index (χ2v) is 8.65. The van der Waals surface area contributed by atoms with Crippen LogP contribution in [0.15, 0.2) is 40.2 Å². The molecule has 1 saturated heterocycles. The molecular weight excluding hydrogens is 466 g/mol. The topological polar surface area (TPSA) is 32.7 Å². The Balaban J connectivity index is 0.00000182. The molecule has 25 heavy (non-hydrogen) atoms. The monoisotopic (exact) mass is 487 g/mol. The highest BCUT2D eigenvalue weighted by Gasteiger charge is 2.45. The molecule has 6 heteroatoms. The van der Waals surface area contributed by atoms with Gasteiger partial charge >= 0.3 is 0 Å². The molecule has 1 aliphatic heterocycles. The lowest BCUT2D eigenvalue weighted by Gasteiger charge is -2.49. The maximum absolute atomic E-state index is 11.2. The van der Waals surface area contributed by atoms with Crippen LogP contribution in [0.4, 0.5) is 0 Å². The van der Waals surface area contributed by atoms with Crippen LogP contribution in [-0.4, -0.2) is 35.7 Å². The van der Waals surface area contributed by atoms with Crippen molar-refractivity contribution in [3.05, 3.63) is 45.7 Å². The van der Waals surface area contributed by atoms with Gasteiger partial charge in [0.1, 0.15) is 0 Å². The maximum atomic E-state index is 11.2. The number of halogens is 2. The first kappa shape index (κ1) is 19.5. The predicted molar refractivity (Wildman–Crippen MR) is 111 cm³/mol. The summed E-state index contributed by atoms with van der Waals surface area (Å²) in [6.07, 6.45) is 4.79. The van der Waals surface area contributed by atoms with E-state index in [0.29, 0.717) is 12.6 Å². The molecule has 1 aliphatic carbocycles. The van der Waals surface area contributed by atoms with Gasteiger partial charge in [-0.05, 0) is 52.8 Å². The highest BCUT2D eigenvalue weighted by molar-refractivity contribution is 9.10. The Hall–Kier alpha value is -0.240. The quantitative estimate of drug-likeness (QED) is 0.632. The Morgan fingerprint density at radius 3 is 2.60 bits per heavy atom. The van der Waals surface area contributed by atoms with Crippen LogP contribution < -0.4 is 0 Å². The SMILES string of the molecule is Br.CN1CC(O)(c2ccc(-c3sccc3Br)cc2)OC2CCCCC21. The molecule has 4 rings (SSSR count). The van der Waals surface area contributed by atoms with Gasteiger partial charge in [0.15, 0.2) is 0 Å². The molecule has 0 radical (unpaired) electrons. The van der Waals surface area contributed by atoms with E-state index in [-0.39, 0.29) is 23.1 Å². The van der Waals surface area contributed by atoms with Crippen molar-refractivity contribution in [1.82, 2.24) is 4.90 Å². The zero-order valence-corrected chi connectivity index (χ0v) is 18.3. The van der Waals surface area contributed by atoms with E-state index in [2.05, 4.69) is 51.5 Å². The molecule has 2 fully saturated rings. The van der Waals surface area contributed by atoms with Gasteiger partial charge in [-0.15, -0.1) is 28.3 Å². The number of thiophene rings is 1. The highest BCUT2D eigenvalue weighted by atomic mass is 79.9. The normalized spacial score (nSPS) is 29.7. The van der Waals surface area contributed by atoms with Crippen molar-refractivity contribution in [1.29, 1.82) is 0 Å². The van der Waals surface area contributed by atoms with Crippen molar-refractivity contribution in [2.24, 2.45) is 0 Å². The minimum absolute atomic E-state index is 0. The molecule has 0 amide bonds. The Bertz CT molecular complexity index is 720. The molecule has 0 spiro atoms. The molecule has 3 nitrogen and oxygen atoms in total. The third-order valence-electron chi connectivity index (χ3n) is 5.26. The van der Waals surface area contributed by atoms with Crippen molar-refractivity contribution < 1.29 is 9.84 Å². The molecule has 1 N–H and O–H groups in total. The number of ether oxygens (including phenoxy) is 1. The summed E-state index contributed by atoms with van der Waals surface area (Å²) in [5.74, 6) is -1.21. The lowest BCUT2D eigenvalue weighted by atomic mass is 9.88. The van der Waals surface area contributed by atoms with Gasteiger partial charge < -0.3 is 9.84 Å². The zero-order chi connectivity index (χ0) is 16.7. The van der Waals surface area contributed by atoms with Crippen molar-refractivity contribution in [3.63, 3.8) is 0 Å². The van der Waals surface area contributed by atoms with E-state index in [1.165, 1.54) is 24.1 Å². The van der Waals surface area contributed by atoms with E-state index < -0.39 is 5.79 Å². The Kier molecular flexibility index (Phi) is 6.08. The molecular formula is C19H23Br2NO2S. The van der Waals surface area contributed by atoms with Crippen LogP contribution in [-0.2, 0) is 10.5 Å². The van der Waals surface area contributed by atoms with E-state index >= 15 is 0 Å². The van der Waals surface area contributed by atoms with Gasteiger partial charge in [0, 0.05) is 21.0 Å². The largest absolute Gasteiger partial charge is 0.361 e. The average Bonchev–Trinajstić information content (AvgIpc) is 3.01. The van der Waals surface area contributed by atoms with Gasteiger partial charge in [0.05, 0.1) is 12.6 Å². The minimum Gasteiger partial charge on any atom is -0.361 e. The third-order valence-corrected chi connectivity index (χ3v) is 7.15. The Morgan fingerprint density at radius 1 is 1.20 bits per heavy atom. The molecule has 1 aromatic carbocycles. The van der Waals surface area contributed by atoms with Gasteiger partial charge in [0.25, 0.3) is 0 Å². The molecule has 1 saturated carbocycles. The number of nitrogens with zero attached hydrogens (tertiary/aromatic N) is 1. The smallest absolute Gasteiger partial charge is 0.205 e. The fraction of sp³-hybridized carbons (Fsp3) is 0.474. The summed E-state index contributed by atoms with van der Waals surface area (Å²) in [4.78, 5) is 3.49. The lowest BCUT2D eigenvalue weighted by Crippen LogP contribution is -2.58. The van der Waals surface area contributed by atoms with E-state index in [0.717, 1.165) is 22.0 Å². The van der Waals surface area contributed by atoms with Gasteiger partial charge in [0.2, 0.25) is 5.79 Å². The molecule has 0 bridgehead atoms. The highest BCUT2D eigenvalue weighted by Crippen LogP contribution is 2.39. The molecule has 3 unspecified atom stereocenters. The van der Waals surface area contributed by atoms with Crippen LogP contribution in [0.1, 0.15) is 31.2 Å². The Labute approximate surface area is 171 Å². The molecule has 2 heterocycles. The number of likely N-dealkylation sites (N-methyl/N-ethyl adjacent to an activating group) is 1. The lowest BCUT2D eigenvalue weighted by molar-refractivity contribution is -0.293. The predicted octanol–water partition coefficient (Wildman–Crippen LogP) is 5.17. The second kappa shape index (κ2) is 7.79. The summed E-state index contributed by atoms with van der Waals surface area (Å²) >= 11 is 5.29. The van der Waals surface area contributed by atoms with Crippen molar-refractivity contribution in [2.75, 3.05) is 13.6 Å². The molecule has 2 aliphatic rings. The maximum Gasteiger partial charge on any atom is 0.205 e. The first-order valence-corrected chi connectivity index (χ1v) is 10.2. The van der Waals surface area contributed by atoms with Crippen molar-refractivity contribution >= 4 is 44.2 Å². The molecule has 3 atom stereocenters. The van der Waals surface area contributed by atoms with Crippen LogP contribution >= 0.6 is 44.2 Å². The summed E-state index contributed by atoms with van der Waals surface area (Å²) in [7, 11) is 2.10. The molecule has 136 valence electrons. The molecule has 2 aromatic rings. The third kappa shape index (κ3) is 3.75. The van der Waals surface area contributed by atoms with Gasteiger partial charge in [-0.2, -0.15) is 0 Å². The molecule has 1 aromatic heterocycles. The van der Waals surface area contributed by atoms with E-state index in [1.54, 1.807) is 11.3 Å². The summed E-state index contributed by atoms with van der Waals surface area (Å²) < 4.78 is 7.30. The number of hydrogen-bond acceptors (Lipinski definition) is 4. The van der Waals surface area contributed by atoms with Crippen LogP contribution in [0, 0.1) is 0 Å². The van der Waals surface area contributed by atoms with Crippen molar-refractivity contribution in [3.8, 4) is 10.4 Å². The minimum atomic E-state index is -1.21. The summed E-state index contributed by atoms with van der Waals surface area (Å²) in [6.45, 7) is 0.524. The van der Waals surface area contributed by atoms with Crippen LogP contribution in [0.5, 0.6) is 0 Å². The van der Waals surface area contributed by atoms with E-state index in [9.17, 15) is 5.11 Å². The Morgan fingerprint density at radius 2 is 1.92 bits per heavy atom. The zero-order valence-electron chi connectivity index (χ0n) is 14.2. The van der Waals surface area contributed by atoms with E-state index in [4.69, 9.17) is 4.74 Å². The summed E-state index contributed by atoms with van der Waals surface area (Å²) in [6, 6.07) is 10.6.